The van der Waals surface area contributed by atoms with Gasteiger partial charge in [-0.1, -0.05) is 6.07 Å². The highest BCUT2D eigenvalue weighted by Crippen LogP contribution is 2.29. The average Bonchev–Trinajstić information content (AvgIpc) is 3.30. The van der Waals surface area contributed by atoms with Gasteiger partial charge >= 0.3 is 0 Å². The first-order valence-corrected chi connectivity index (χ1v) is 7.11. The highest BCUT2D eigenvalue weighted by atomic mass is 16.2. The molecule has 1 aromatic carbocycles. The van der Waals surface area contributed by atoms with Crippen LogP contribution < -0.4 is 10.6 Å². The van der Waals surface area contributed by atoms with Gasteiger partial charge in [0, 0.05) is 11.6 Å². The summed E-state index contributed by atoms with van der Waals surface area (Å²) in [5.74, 6) is 1.36. The molecular formula is C16H18N4O. The number of nitrogens with zero attached hydrogens (tertiary/aromatic N) is 2. The van der Waals surface area contributed by atoms with E-state index >= 15 is 0 Å². The van der Waals surface area contributed by atoms with Crippen molar-refractivity contribution in [2.75, 3.05) is 10.6 Å². The quantitative estimate of drug-likeness (QED) is 0.903. The molecule has 1 fully saturated rings. The number of anilines is 3. The number of rotatable bonds is 4. The Balaban J connectivity index is 1.65. The van der Waals surface area contributed by atoms with Crippen molar-refractivity contribution in [1.29, 1.82) is 0 Å². The van der Waals surface area contributed by atoms with Gasteiger partial charge in [0.25, 0.3) is 0 Å². The molecule has 2 N–H and O–H groups in total. The molecule has 5 nitrogen and oxygen atoms in total. The van der Waals surface area contributed by atoms with Crippen LogP contribution in [0.4, 0.5) is 17.3 Å². The molecule has 2 aromatic rings. The molecule has 0 radical (unpaired) electrons. The summed E-state index contributed by atoms with van der Waals surface area (Å²) in [5.41, 5.74) is 3.45. The van der Waals surface area contributed by atoms with Crippen molar-refractivity contribution in [3.05, 3.63) is 41.5 Å². The van der Waals surface area contributed by atoms with Crippen LogP contribution in [0.1, 0.15) is 24.0 Å². The number of nitrogens with one attached hydrogen (secondary N) is 2. The minimum absolute atomic E-state index is 0.0409. The van der Waals surface area contributed by atoms with E-state index in [9.17, 15) is 4.79 Å². The van der Waals surface area contributed by atoms with Crippen LogP contribution in [0.5, 0.6) is 0 Å². The predicted molar refractivity (Wildman–Crippen MR) is 82.6 cm³/mol. The molecule has 108 valence electrons. The third-order valence-corrected chi connectivity index (χ3v) is 3.64. The van der Waals surface area contributed by atoms with E-state index in [0.29, 0.717) is 11.6 Å². The topological polar surface area (TPSA) is 66.9 Å². The summed E-state index contributed by atoms with van der Waals surface area (Å²) in [6.45, 7) is 4.15. The van der Waals surface area contributed by atoms with E-state index in [2.05, 4.69) is 46.8 Å². The second-order valence-corrected chi connectivity index (χ2v) is 5.49. The summed E-state index contributed by atoms with van der Waals surface area (Å²) in [7, 11) is 0. The van der Waals surface area contributed by atoms with Crippen LogP contribution in [-0.2, 0) is 4.79 Å². The number of benzene rings is 1. The lowest BCUT2D eigenvalue weighted by Gasteiger charge is -2.08. The van der Waals surface area contributed by atoms with E-state index in [1.165, 1.54) is 11.1 Å². The van der Waals surface area contributed by atoms with Gasteiger partial charge in [0.2, 0.25) is 5.91 Å². The van der Waals surface area contributed by atoms with E-state index in [1.54, 1.807) is 6.07 Å². The van der Waals surface area contributed by atoms with E-state index in [-0.39, 0.29) is 11.8 Å². The van der Waals surface area contributed by atoms with Crippen LogP contribution in [0.3, 0.4) is 0 Å². The average molecular weight is 282 g/mol. The summed E-state index contributed by atoms with van der Waals surface area (Å²) in [6.07, 6.45) is 1.96. The fourth-order valence-corrected chi connectivity index (χ4v) is 2.01. The molecule has 0 spiro atoms. The number of carbonyl (C=O) groups excluding carboxylic acids is 1. The summed E-state index contributed by atoms with van der Waals surface area (Å²) in [4.78, 5) is 11.6. The van der Waals surface area contributed by atoms with Gasteiger partial charge in [-0.15, -0.1) is 10.2 Å². The first-order valence-electron chi connectivity index (χ1n) is 7.11. The predicted octanol–water partition coefficient (Wildman–Crippen LogP) is 3.19. The zero-order valence-electron chi connectivity index (χ0n) is 12.2. The van der Waals surface area contributed by atoms with Crippen molar-refractivity contribution in [2.45, 2.75) is 26.7 Å². The number of carbonyl (C=O) groups is 1. The van der Waals surface area contributed by atoms with Crippen molar-refractivity contribution in [3.8, 4) is 0 Å². The molecule has 1 aliphatic rings. The van der Waals surface area contributed by atoms with Crippen molar-refractivity contribution >= 4 is 23.2 Å². The van der Waals surface area contributed by atoms with Crippen LogP contribution in [0.25, 0.3) is 0 Å². The van der Waals surface area contributed by atoms with E-state index in [4.69, 9.17) is 0 Å². The van der Waals surface area contributed by atoms with E-state index in [1.807, 2.05) is 12.1 Å². The number of hydrogen-bond donors (Lipinski definition) is 2. The molecule has 0 unspecified atom stereocenters. The second-order valence-electron chi connectivity index (χ2n) is 5.49. The van der Waals surface area contributed by atoms with Crippen LogP contribution in [0.15, 0.2) is 30.3 Å². The SMILES string of the molecule is Cc1ccc(Nc2ccc(NC(=O)C3CC3)nn2)cc1C. The largest absolute Gasteiger partial charge is 0.339 e. The molecule has 1 amide bonds. The third-order valence-electron chi connectivity index (χ3n) is 3.64. The van der Waals surface area contributed by atoms with Crippen molar-refractivity contribution in [2.24, 2.45) is 5.92 Å². The molecule has 0 atom stereocenters. The number of amides is 1. The maximum atomic E-state index is 11.6. The van der Waals surface area contributed by atoms with Gasteiger partial charge in [-0.05, 0) is 62.1 Å². The molecular weight excluding hydrogens is 264 g/mol. The van der Waals surface area contributed by atoms with E-state index in [0.717, 1.165) is 18.5 Å². The molecule has 1 aliphatic carbocycles. The van der Waals surface area contributed by atoms with Crippen LogP contribution in [0, 0.1) is 19.8 Å². The summed E-state index contributed by atoms with van der Waals surface area (Å²) < 4.78 is 0. The summed E-state index contributed by atoms with van der Waals surface area (Å²) >= 11 is 0. The van der Waals surface area contributed by atoms with Crippen LogP contribution >= 0.6 is 0 Å². The molecule has 5 heteroatoms. The first kappa shape index (κ1) is 13.5. The zero-order chi connectivity index (χ0) is 14.8. The standard InChI is InChI=1S/C16H18N4O/c1-10-3-6-13(9-11(10)2)17-14-7-8-15(20-19-14)18-16(21)12-4-5-12/h3,6-9,12H,4-5H2,1-2H3,(H,17,19)(H,18,20,21). The molecule has 1 heterocycles. The van der Waals surface area contributed by atoms with Gasteiger partial charge in [0.05, 0.1) is 0 Å². The van der Waals surface area contributed by atoms with Gasteiger partial charge in [-0.2, -0.15) is 0 Å². The Kier molecular flexibility index (Phi) is 3.56. The van der Waals surface area contributed by atoms with Crippen molar-refractivity contribution < 1.29 is 4.79 Å². The number of aryl methyl sites for hydroxylation is 2. The van der Waals surface area contributed by atoms with Gasteiger partial charge in [-0.25, -0.2) is 0 Å². The fourth-order valence-electron chi connectivity index (χ4n) is 2.01. The number of aromatic nitrogens is 2. The Labute approximate surface area is 123 Å². The Morgan fingerprint density at radius 3 is 2.38 bits per heavy atom. The molecule has 0 aliphatic heterocycles. The van der Waals surface area contributed by atoms with Gasteiger partial charge in [-0.3, -0.25) is 4.79 Å². The molecule has 21 heavy (non-hydrogen) atoms. The normalized spacial score (nSPS) is 13.8. The van der Waals surface area contributed by atoms with Gasteiger partial charge in [0.1, 0.15) is 0 Å². The monoisotopic (exact) mass is 282 g/mol. The van der Waals surface area contributed by atoms with Crippen molar-refractivity contribution in [3.63, 3.8) is 0 Å². The van der Waals surface area contributed by atoms with Gasteiger partial charge < -0.3 is 10.6 Å². The van der Waals surface area contributed by atoms with Crippen LogP contribution in [0.2, 0.25) is 0 Å². The summed E-state index contributed by atoms with van der Waals surface area (Å²) in [6, 6.07) is 9.71. The smallest absolute Gasteiger partial charge is 0.228 e. The maximum absolute atomic E-state index is 11.6. The fraction of sp³-hybridized carbons (Fsp3) is 0.312. The Morgan fingerprint density at radius 2 is 1.76 bits per heavy atom. The Bertz CT molecular complexity index is 662. The highest BCUT2D eigenvalue weighted by Gasteiger charge is 2.29. The zero-order valence-corrected chi connectivity index (χ0v) is 12.2. The highest BCUT2D eigenvalue weighted by molar-refractivity contribution is 5.93. The molecule has 0 bridgehead atoms. The first-order chi connectivity index (χ1) is 10.1. The molecule has 0 saturated heterocycles. The maximum Gasteiger partial charge on any atom is 0.228 e. The van der Waals surface area contributed by atoms with Crippen LogP contribution in [-0.4, -0.2) is 16.1 Å². The minimum atomic E-state index is 0.0409. The third kappa shape index (κ3) is 3.37. The van der Waals surface area contributed by atoms with E-state index < -0.39 is 0 Å². The number of hydrogen-bond acceptors (Lipinski definition) is 4. The molecule has 3 rings (SSSR count). The molecule has 1 aromatic heterocycles. The lowest BCUT2D eigenvalue weighted by Crippen LogP contribution is -2.14. The minimum Gasteiger partial charge on any atom is -0.339 e. The summed E-state index contributed by atoms with van der Waals surface area (Å²) in [5, 5.41) is 14.1. The molecule has 1 saturated carbocycles. The van der Waals surface area contributed by atoms with Gasteiger partial charge in [0.15, 0.2) is 11.6 Å². The lowest BCUT2D eigenvalue weighted by molar-refractivity contribution is -0.117. The lowest BCUT2D eigenvalue weighted by atomic mass is 10.1. The van der Waals surface area contributed by atoms with Crippen molar-refractivity contribution in [1.82, 2.24) is 10.2 Å². The Morgan fingerprint density at radius 1 is 1.05 bits per heavy atom. The Hall–Kier alpha value is -2.43. The second kappa shape index (κ2) is 5.52.